The maximum Gasteiger partial charge on any atom is 0.0765 e. The molecule has 0 aliphatic heterocycles. The molecule has 1 heterocycles. The predicted molar refractivity (Wildman–Crippen MR) is 67.7 cm³/mol. The van der Waals surface area contributed by atoms with E-state index in [0.717, 1.165) is 18.8 Å². The third-order valence-electron chi connectivity index (χ3n) is 3.54. The Bertz CT molecular complexity index is 344. The normalized spacial score (nSPS) is 16.8. The molecular formula is C13H23N3O. The van der Waals surface area contributed by atoms with Crippen molar-refractivity contribution in [3.63, 3.8) is 0 Å². The van der Waals surface area contributed by atoms with Crippen molar-refractivity contribution in [2.75, 3.05) is 13.2 Å². The summed E-state index contributed by atoms with van der Waals surface area (Å²) in [6.07, 6.45) is 5.90. The summed E-state index contributed by atoms with van der Waals surface area (Å²) in [5, 5.41) is 13.7. The lowest BCUT2D eigenvalue weighted by atomic mass is 9.91. The number of hydrogen-bond donors (Lipinski definition) is 1. The highest BCUT2D eigenvalue weighted by molar-refractivity contribution is 5.00. The van der Waals surface area contributed by atoms with Crippen LogP contribution < -0.4 is 0 Å². The molecular weight excluding hydrogens is 214 g/mol. The molecule has 0 spiro atoms. The first kappa shape index (κ1) is 12.6. The molecule has 1 aromatic heterocycles. The molecule has 1 fully saturated rings. The Morgan fingerprint density at radius 3 is 2.76 bits per heavy atom. The summed E-state index contributed by atoms with van der Waals surface area (Å²) < 4.78 is 1.99. The number of aliphatic hydroxyl groups excluding tert-OH is 1. The van der Waals surface area contributed by atoms with Crippen molar-refractivity contribution in [2.24, 2.45) is 0 Å². The van der Waals surface area contributed by atoms with Crippen molar-refractivity contribution in [2.45, 2.75) is 51.7 Å². The topological polar surface area (TPSA) is 41.3 Å². The van der Waals surface area contributed by atoms with E-state index >= 15 is 0 Å². The average molecular weight is 237 g/mol. The summed E-state index contributed by atoms with van der Waals surface area (Å²) in [6, 6.07) is 3.16. The maximum atomic E-state index is 9.11. The molecule has 1 saturated carbocycles. The van der Waals surface area contributed by atoms with E-state index in [1.807, 2.05) is 10.9 Å². The van der Waals surface area contributed by atoms with Crippen LogP contribution in [-0.2, 0) is 6.54 Å². The lowest BCUT2D eigenvalue weighted by Gasteiger charge is -2.36. The molecule has 0 atom stereocenters. The van der Waals surface area contributed by atoms with Crippen LogP contribution in [-0.4, -0.2) is 39.0 Å². The molecule has 0 aromatic carbocycles. The molecule has 1 aliphatic rings. The van der Waals surface area contributed by atoms with Crippen LogP contribution in [0.3, 0.4) is 0 Å². The zero-order chi connectivity index (χ0) is 12.3. The van der Waals surface area contributed by atoms with Gasteiger partial charge in [-0.2, -0.15) is 5.10 Å². The van der Waals surface area contributed by atoms with E-state index in [0.29, 0.717) is 12.1 Å². The Morgan fingerprint density at radius 1 is 1.53 bits per heavy atom. The zero-order valence-electron chi connectivity index (χ0n) is 10.8. The number of aromatic nitrogens is 2. The van der Waals surface area contributed by atoms with Crippen molar-refractivity contribution in [1.29, 1.82) is 0 Å². The van der Waals surface area contributed by atoms with Crippen molar-refractivity contribution in [1.82, 2.24) is 14.7 Å². The Labute approximate surface area is 103 Å². The van der Waals surface area contributed by atoms with Crippen LogP contribution in [0.2, 0.25) is 0 Å². The van der Waals surface area contributed by atoms with E-state index in [1.54, 1.807) is 0 Å². The fourth-order valence-electron chi connectivity index (χ4n) is 2.23. The quantitative estimate of drug-likeness (QED) is 0.820. The van der Waals surface area contributed by atoms with E-state index in [2.05, 4.69) is 29.9 Å². The number of aliphatic hydroxyl groups is 1. The number of rotatable bonds is 6. The SMILES string of the molecule is CC(C)n1ccc(CN(CCO)C2CCC2)n1. The van der Waals surface area contributed by atoms with Crippen LogP contribution >= 0.6 is 0 Å². The molecule has 0 bridgehead atoms. The molecule has 0 saturated heterocycles. The molecule has 0 radical (unpaired) electrons. The third-order valence-corrected chi connectivity index (χ3v) is 3.54. The maximum absolute atomic E-state index is 9.11. The van der Waals surface area contributed by atoms with E-state index < -0.39 is 0 Å². The van der Waals surface area contributed by atoms with Gasteiger partial charge in [0.05, 0.1) is 12.3 Å². The van der Waals surface area contributed by atoms with Crippen molar-refractivity contribution < 1.29 is 5.11 Å². The monoisotopic (exact) mass is 237 g/mol. The average Bonchev–Trinajstić information content (AvgIpc) is 2.64. The van der Waals surface area contributed by atoms with Gasteiger partial charge in [0.1, 0.15) is 0 Å². The van der Waals surface area contributed by atoms with Crippen molar-refractivity contribution in [3.8, 4) is 0 Å². The second kappa shape index (κ2) is 5.65. The largest absolute Gasteiger partial charge is 0.395 e. The fraction of sp³-hybridized carbons (Fsp3) is 0.769. The van der Waals surface area contributed by atoms with Gasteiger partial charge in [-0.25, -0.2) is 0 Å². The van der Waals surface area contributed by atoms with E-state index in [4.69, 9.17) is 5.11 Å². The summed E-state index contributed by atoms with van der Waals surface area (Å²) >= 11 is 0. The standard InChI is InChI=1S/C13H23N3O/c1-11(2)16-7-6-12(14-16)10-15(8-9-17)13-4-3-5-13/h6-7,11,13,17H,3-5,8-10H2,1-2H3. The molecule has 0 amide bonds. The smallest absolute Gasteiger partial charge is 0.0765 e. The highest BCUT2D eigenvalue weighted by atomic mass is 16.3. The first-order chi connectivity index (χ1) is 8.20. The van der Waals surface area contributed by atoms with Gasteiger partial charge in [-0.3, -0.25) is 9.58 Å². The number of hydrogen-bond acceptors (Lipinski definition) is 3. The van der Waals surface area contributed by atoms with Gasteiger partial charge in [-0.05, 0) is 32.8 Å². The molecule has 1 N–H and O–H groups in total. The molecule has 96 valence electrons. The Kier molecular flexibility index (Phi) is 4.18. The third kappa shape index (κ3) is 3.07. The minimum absolute atomic E-state index is 0.237. The van der Waals surface area contributed by atoms with Gasteiger partial charge in [-0.15, -0.1) is 0 Å². The van der Waals surface area contributed by atoms with Gasteiger partial charge in [0.25, 0.3) is 0 Å². The van der Waals surface area contributed by atoms with Gasteiger partial charge in [-0.1, -0.05) is 6.42 Å². The van der Waals surface area contributed by atoms with Gasteiger partial charge in [0.15, 0.2) is 0 Å². The first-order valence-electron chi connectivity index (χ1n) is 6.59. The molecule has 0 unspecified atom stereocenters. The molecule has 4 heteroatoms. The van der Waals surface area contributed by atoms with Gasteiger partial charge in [0, 0.05) is 31.4 Å². The fourth-order valence-corrected chi connectivity index (χ4v) is 2.23. The van der Waals surface area contributed by atoms with Gasteiger partial charge < -0.3 is 5.11 Å². The molecule has 2 rings (SSSR count). The second-order valence-corrected chi connectivity index (χ2v) is 5.16. The summed E-state index contributed by atoms with van der Waals surface area (Å²) in [5.41, 5.74) is 1.11. The van der Waals surface area contributed by atoms with E-state index in [9.17, 15) is 0 Å². The summed E-state index contributed by atoms with van der Waals surface area (Å²) in [7, 11) is 0. The van der Waals surface area contributed by atoms with Crippen LogP contribution in [0.1, 0.15) is 44.8 Å². The van der Waals surface area contributed by atoms with Crippen LogP contribution in [0.5, 0.6) is 0 Å². The minimum Gasteiger partial charge on any atom is -0.395 e. The molecule has 1 aromatic rings. The van der Waals surface area contributed by atoms with Crippen molar-refractivity contribution >= 4 is 0 Å². The number of nitrogens with zero attached hydrogens (tertiary/aromatic N) is 3. The molecule has 1 aliphatic carbocycles. The van der Waals surface area contributed by atoms with E-state index in [1.165, 1.54) is 19.3 Å². The lowest BCUT2D eigenvalue weighted by Crippen LogP contribution is -2.41. The van der Waals surface area contributed by atoms with Crippen LogP contribution in [0.4, 0.5) is 0 Å². The highest BCUT2D eigenvalue weighted by Crippen LogP contribution is 2.25. The van der Waals surface area contributed by atoms with Crippen LogP contribution in [0.15, 0.2) is 12.3 Å². The van der Waals surface area contributed by atoms with Gasteiger partial charge in [0.2, 0.25) is 0 Å². The van der Waals surface area contributed by atoms with Gasteiger partial charge >= 0.3 is 0 Å². The van der Waals surface area contributed by atoms with Crippen LogP contribution in [0.25, 0.3) is 0 Å². The first-order valence-corrected chi connectivity index (χ1v) is 6.59. The summed E-state index contributed by atoms with van der Waals surface area (Å²) in [4.78, 5) is 2.36. The Morgan fingerprint density at radius 2 is 2.29 bits per heavy atom. The lowest BCUT2D eigenvalue weighted by molar-refractivity contribution is 0.0931. The minimum atomic E-state index is 0.237. The Hall–Kier alpha value is -0.870. The van der Waals surface area contributed by atoms with Crippen LogP contribution in [0, 0.1) is 0 Å². The summed E-state index contributed by atoms with van der Waals surface area (Å²) in [6.45, 7) is 6.13. The predicted octanol–water partition coefficient (Wildman–Crippen LogP) is 1.81. The molecule has 17 heavy (non-hydrogen) atoms. The van der Waals surface area contributed by atoms with Crippen molar-refractivity contribution in [3.05, 3.63) is 18.0 Å². The second-order valence-electron chi connectivity index (χ2n) is 5.16. The summed E-state index contributed by atoms with van der Waals surface area (Å²) in [5.74, 6) is 0. The molecule has 4 nitrogen and oxygen atoms in total. The zero-order valence-corrected chi connectivity index (χ0v) is 10.8. The highest BCUT2D eigenvalue weighted by Gasteiger charge is 2.24. The van der Waals surface area contributed by atoms with E-state index in [-0.39, 0.29) is 6.61 Å². The Balaban J connectivity index is 1.95.